The normalized spacial score (nSPS) is 17.8. The summed E-state index contributed by atoms with van der Waals surface area (Å²) in [6, 6.07) is 8.86. The van der Waals surface area contributed by atoms with Crippen molar-refractivity contribution in [1.29, 1.82) is 0 Å². The van der Waals surface area contributed by atoms with Crippen molar-refractivity contribution in [3.05, 3.63) is 70.5 Å². The number of hydrogen-bond acceptors (Lipinski definition) is 8. The third kappa shape index (κ3) is 3.50. The van der Waals surface area contributed by atoms with E-state index < -0.39 is 29.3 Å². The second-order valence-electron chi connectivity index (χ2n) is 6.51. The first-order chi connectivity index (χ1) is 15.0. The summed E-state index contributed by atoms with van der Waals surface area (Å²) in [6.45, 7) is 0. The van der Waals surface area contributed by atoms with Crippen molar-refractivity contribution < 1.29 is 28.6 Å². The predicted molar refractivity (Wildman–Crippen MR) is 111 cm³/mol. The van der Waals surface area contributed by atoms with E-state index in [4.69, 9.17) is 9.47 Å². The molecule has 3 aromatic rings. The third-order valence-corrected chi connectivity index (χ3v) is 5.53. The van der Waals surface area contributed by atoms with E-state index in [-0.39, 0.29) is 16.3 Å². The lowest BCUT2D eigenvalue weighted by atomic mass is 9.95. The highest BCUT2D eigenvalue weighted by atomic mass is 32.1. The zero-order valence-corrected chi connectivity index (χ0v) is 17.2. The van der Waals surface area contributed by atoms with Crippen molar-refractivity contribution in [3.8, 4) is 11.5 Å². The molecular weight excluding hydrogens is 425 g/mol. The number of aliphatic hydroxyl groups is 1. The van der Waals surface area contributed by atoms with Gasteiger partial charge in [0.15, 0.2) is 11.5 Å². The molecule has 8 nitrogen and oxygen atoms in total. The van der Waals surface area contributed by atoms with Gasteiger partial charge in [0.2, 0.25) is 5.13 Å². The molecule has 0 aliphatic carbocycles. The van der Waals surface area contributed by atoms with Crippen LogP contribution in [0.2, 0.25) is 0 Å². The Balaban J connectivity index is 1.94. The molecule has 2 aromatic carbocycles. The van der Waals surface area contributed by atoms with E-state index in [2.05, 4.69) is 10.2 Å². The molecule has 1 amide bonds. The van der Waals surface area contributed by atoms with E-state index in [1.165, 1.54) is 36.8 Å². The van der Waals surface area contributed by atoms with E-state index in [1.807, 2.05) is 0 Å². The lowest BCUT2D eigenvalue weighted by Gasteiger charge is -2.23. The molecule has 1 saturated heterocycles. The number of carbonyl (C=O) groups excluding carboxylic acids is 2. The third-order valence-electron chi connectivity index (χ3n) is 4.84. The number of benzene rings is 2. The smallest absolute Gasteiger partial charge is 0.301 e. The predicted octanol–water partition coefficient (Wildman–Crippen LogP) is 3.32. The molecule has 158 valence electrons. The van der Waals surface area contributed by atoms with Crippen molar-refractivity contribution in [1.82, 2.24) is 10.2 Å². The Hall–Kier alpha value is -3.79. The number of rotatable bonds is 5. The molecule has 2 heterocycles. The number of halogens is 1. The van der Waals surface area contributed by atoms with Crippen LogP contribution in [0.5, 0.6) is 11.5 Å². The summed E-state index contributed by atoms with van der Waals surface area (Å²) in [4.78, 5) is 27.1. The van der Waals surface area contributed by atoms with E-state index in [1.54, 1.807) is 18.2 Å². The first-order valence-corrected chi connectivity index (χ1v) is 9.89. The number of ether oxygens (including phenoxy) is 2. The monoisotopic (exact) mass is 441 g/mol. The lowest BCUT2D eigenvalue weighted by molar-refractivity contribution is -0.132. The maximum Gasteiger partial charge on any atom is 0.301 e. The number of hydrogen-bond donors (Lipinski definition) is 1. The Kier molecular flexibility index (Phi) is 5.38. The zero-order valence-electron chi connectivity index (χ0n) is 16.4. The molecular formula is C21H16FN3O5S. The maximum atomic E-state index is 13.3. The van der Waals surface area contributed by atoms with Gasteiger partial charge < -0.3 is 14.6 Å². The minimum atomic E-state index is -1.00. The molecule has 1 atom stereocenters. The van der Waals surface area contributed by atoms with Gasteiger partial charge in [0.25, 0.3) is 5.78 Å². The number of aliphatic hydroxyl groups excluding tert-OH is 1. The highest BCUT2D eigenvalue weighted by Gasteiger charge is 2.48. The number of ketones is 1. The van der Waals surface area contributed by atoms with Crippen LogP contribution in [0.15, 0.2) is 53.5 Å². The zero-order chi connectivity index (χ0) is 22.1. The van der Waals surface area contributed by atoms with Crippen LogP contribution in [0.3, 0.4) is 0 Å². The van der Waals surface area contributed by atoms with E-state index in [0.717, 1.165) is 23.5 Å². The fraction of sp³-hybridized carbons (Fsp3) is 0.143. The highest BCUT2D eigenvalue weighted by molar-refractivity contribution is 7.13. The van der Waals surface area contributed by atoms with Gasteiger partial charge in [-0.15, -0.1) is 10.2 Å². The molecule has 1 aromatic heterocycles. The van der Waals surface area contributed by atoms with Crippen molar-refractivity contribution in [2.45, 2.75) is 6.04 Å². The summed E-state index contributed by atoms with van der Waals surface area (Å²) in [5.74, 6) is -1.84. The second kappa shape index (κ2) is 8.15. The minimum Gasteiger partial charge on any atom is -0.507 e. The topological polar surface area (TPSA) is 102 Å². The SMILES string of the molecule is COc1ccc([C@@H]2C(=C(O)c3ccc(F)cc3)C(=O)C(=O)N2c2nncs2)cc1OC. The molecule has 0 unspecified atom stereocenters. The molecule has 1 aliphatic rings. The molecule has 1 fully saturated rings. The Morgan fingerprint density at radius 2 is 1.81 bits per heavy atom. The van der Waals surface area contributed by atoms with Crippen molar-refractivity contribution in [3.63, 3.8) is 0 Å². The quantitative estimate of drug-likeness (QED) is 0.368. The Bertz CT molecular complexity index is 1180. The van der Waals surface area contributed by atoms with E-state index in [9.17, 15) is 19.1 Å². The summed E-state index contributed by atoms with van der Waals surface area (Å²) in [7, 11) is 2.95. The Labute approximate surface area is 180 Å². The number of amides is 1. The van der Waals surface area contributed by atoms with Crippen molar-refractivity contribution in [2.75, 3.05) is 19.1 Å². The first-order valence-electron chi connectivity index (χ1n) is 9.01. The fourth-order valence-corrected chi connectivity index (χ4v) is 3.99. The first kappa shape index (κ1) is 20.5. The van der Waals surface area contributed by atoms with Crippen LogP contribution in [0.4, 0.5) is 9.52 Å². The lowest BCUT2D eigenvalue weighted by Crippen LogP contribution is -2.29. The van der Waals surface area contributed by atoms with Gasteiger partial charge in [-0.1, -0.05) is 17.4 Å². The Morgan fingerprint density at radius 3 is 2.42 bits per heavy atom. The molecule has 0 radical (unpaired) electrons. The van der Waals surface area contributed by atoms with Crippen LogP contribution in [0.1, 0.15) is 17.2 Å². The second-order valence-corrected chi connectivity index (χ2v) is 7.32. The molecule has 0 bridgehead atoms. The van der Waals surface area contributed by atoms with Crippen molar-refractivity contribution in [2.24, 2.45) is 0 Å². The molecule has 0 saturated carbocycles. The van der Waals surface area contributed by atoms with Crippen molar-refractivity contribution >= 4 is 33.9 Å². The molecule has 1 N–H and O–H groups in total. The maximum absolute atomic E-state index is 13.3. The van der Waals surface area contributed by atoms with Crippen LogP contribution in [-0.2, 0) is 9.59 Å². The standard InChI is InChI=1S/C21H16FN3O5S/c1-29-14-8-5-12(9-15(14)30-2)17-16(18(26)11-3-6-13(22)7-4-11)19(27)20(28)25(17)21-24-23-10-31-21/h3-10,17,26H,1-2H3/t17-/m1/s1. The average Bonchev–Trinajstić information content (AvgIpc) is 3.40. The summed E-state index contributed by atoms with van der Waals surface area (Å²) in [5.41, 5.74) is 1.96. The number of aromatic nitrogens is 2. The summed E-state index contributed by atoms with van der Waals surface area (Å²) >= 11 is 1.07. The molecule has 1 aliphatic heterocycles. The van der Waals surface area contributed by atoms with Crippen LogP contribution < -0.4 is 14.4 Å². The van der Waals surface area contributed by atoms with Gasteiger partial charge in [-0.2, -0.15) is 0 Å². The number of nitrogens with zero attached hydrogens (tertiary/aromatic N) is 3. The number of Topliss-reactive ketones (excluding diaryl/α,β-unsaturated/α-hetero) is 1. The van der Waals surface area contributed by atoms with Crippen LogP contribution in [-0.4, -0.2) is 41.2 Å². The van der Waals surface area contributed by atoms with Gasteiger partial charge in [-0.05, 0) is 42.0 Å². The highest BCUT2D eigenvalue weighted by Crippen LogP contribution is 2.44. The molecule has 31 heavy (non-hydrogen) atoms. The van der Waals surface area contributed by atoms with Crippen LogP contribution >= 0.6 is 11.3 Å². The van der Waals surface area contributed by atoms with E-state index in [0.29, 0.717) is 17.1 Å². The van der Waals surface area contributed by atoms with E-state index >= 15 is 0 Å². The average molecular weight is 441 g/mol. The van der Waals surface area contributed by atoms with Gasteiger partial charge >= 0.3 is 5.91 Å². The summed E-state index contributed by atoms with van der Waals surface area (Å²) < 4.78 is 24.0. The minimum absolute atomic E-state index is 0.154. The summed E-state index contributed by atoms with van der Waals surface area (Å²) in [5, 5.41) is 18.8. The van der Waals surface area contributed by atoms with Gasteiger partial charge in [-0.25, -0.2) is 4.39 Å². The number of carbonyl (C=O) groups is 2. The van der Waals surface area contributed by atoms with Gasteiger partial charge in [0.05, 0.1) is 25.8 Å². The van der Waals surface area contributed by atoms with Gasteiger partial charge in [0, 0.05) is 5.56 Å². The summed E-state index contributed by atoms with van der Waals surface area (Å²) in [6.07, 6.45) is 0. The number of anilines is 1. The van der Waals surface area contributed by atoms with Crippen LogP contribution in [0, 0.1) is 5.82 Å². The number of methoxy groups -OCH3 is 2. The molecule has 0 spiro atoms. The fourth-order valence-electron chi connectivity index (χ4n) is 3.40. The van der Waals surface area contributed by atoms with Crippen LogP contribution in [0.25, 0.3) is 5.76 Å². The Morgan fingerprint density at radius 1 is 1.10 bits per heavy atom. The van der Waals surface area contributed by atoms with Gasteiger partial charge in [0.1, 0.15) is 17.1 Å². The van der Waals surface area contributed by atoms with Gasteiger partial charge in [-0.3, -0.25) is 14.5 Å². The molecule has 4 rings (SSSR count). The molecule has 10 heteroatoms. The largest absolute Gasteiger partial charge is 0.507 e.